The van der Waals surface area contributed by atoms with Crippen molar-refractivity contribution in [1.29, 1.82) is 0 Å². The second-order valence-corrected chi connectivity index (χ2v) is 9.31. The summed E-state index contributed by atoms with van der Waals surface area (Å²) in [4.78, 5) is 0. The molecule has 0 heterocycles. The molecule has 0 aromatic rings. The highest BCUT2D eigenvalue weighted by Crippen LogP contribution is 2.12. The van der Waals surface area contributed by atoms with Crippen molar-refractivity contribution in [3.8, 4) is 0 Å². The van der Waals surface area contributed by atoms with E-state index in [2.05, 4.69) is 13.5 Å². The summed E-state index contributed by atoms with van der Waals surface area (Å²) in [5.74, 6) is 0. The first-order chi connectivity index (χ1) is 18.4. The van der Waals surface area contributed by atoms with Gasteiger partial charge in [-0.25, -0.2) is 0 Å². The van der Waals surface area contributed by atoms with Gasteiger partial charge in [0.25, 0.3) is 0 Å². The Hall–Kier alpha value is -0.700. The lowest BCUT2D eigenvalue weighted by Crippen LogP contribution is -2.14. The summed E-state index contributed by atoms with van der Waals surface area (Å²) in [7, 11) is 0. The molecule has 37 heavy (non-hydrogen) atoms. The highest BCUT2D eigenvalue weighted by Gasteiger charge is 1.96. The van der Waals surface area contributed by atoms with Crippen LogP contribution in [0, 0.1) is 0 Å². The fraction of sp³-hybridized carbons (Fsp3) is 0.933. The van der Waals surface area contributed by atoms with E-state index < -0.39 is 0 Å². The predicted molar refractivity (Wildman–Crippen MR) is 151 cm³/mol. The van der Waals surface area contributed by atoms with Gasteiger partial charge in [0.1, 0.15) is 6.61 Å². The third-order valence-corrected chi connectivity index (χ3v) is 5.97. The maximum Gasteiger partial charge on any atom is 0.111 e. The maximum absolute atomic E-state index is 5.66. The molecule has 0 aliphatic carbocycles. The Kier molecular flexibility index (Phi) is 34.6. The van der Waals surface area contributed by atoms with E-state index in [4.69, 9.17) is 33.2 Å². The number of ether oxygens (including phenoxy) is 7. The lowest BCUT2D eigenvalue weighted by molar-refractivity contribution is -0.0185. The molecule has 7 nitrogen and oxygen atoms in total. The van der Waals surface area contributed by atoms with Gasteiger partial charge in [0, 0.05) is 6.61 Å². The van der Waals surface area contributed by atoms with Crippen LogP contribution in [0.2, 0.25) is 0 Å². The molecule has 0 fully saturated rings. The summed E-state index contributed by atoms with van der Waals surface area (Å²) >= 11 is 0. The molecule has 0 bridgehead atoms. The summed E-state index contributed by atoms with van der Waals surface area (Å²) in [5.41, 5.74) is 0. The van der Waals surface area contributed by atoms with Crippen molar-refractivity contribution in [2.75, 3.05) is 85.9 Å². The van der Waals surface area contributed by atoms with Crippen LogP contribution in [-0.4, -0.2) is 85.9 Å². The molecular weight excluding hydrogens is 472 g/mol. The molecule has 0 aliphatic rings. The van der Waals surface area contributed by atoms with Gasteiger partial charge in [0.05, 0.1) is 78.9 Å². The molecule has 0 spiro atoms. The summed E-state index contributed by atoms with van der Waals surface area (Å²) in [5, 5.41) is 0. The standard InChI is InChI=1S/C30H60O7/c1-3-5-6-7-8-9-10-11-12-13-14-15-16-17-18-32-21-22-34-25-26-36-29-30-37-28-27-35-24-23-33-20-19-31-4-2/h4H,2-3,5-30H2,1H3. The van der Waals surface area contributed by atoms with Crippen LogP contribution in [0.25, 0.3) is 0 Å². The zero-order valence-corrected chi connectivity index (χ0v) is 24.2. The van der Waals surface area contributed by atoms with E-state index in [1.807, 2.05) is 0 Å². The number of hydrogen-bond acceptors (Lipinski definition) is 7. The first-order valence-electron chi connectivity index (χ1n) is 15.1. The van der Waals surface area contributed by atoms with E-state index in [1.54, 1.807) is 0 Å². The van der Waals surface area contributed by atoms with Crippen molar-refractivity contribution < 1.29 is 33.2 Å². The summed E-state index contributed by atoms with van der Waals surface area (Å²) in [6.45, 7) is 13.4. The Balaban J connectivity index is 3.01. The predicted octanol–water partition coefficient (Wildman–Crippen LogP) is 6.73. The highest BCUT2D eigenvalue weighted by molar-refractivity contribution is 4.50. The summed E-state index contributed by atoms with van der Waals surface area (Å²) in [6, 6.07) is 0. The van der Waals surface area contributed by atoms with Gasteiger partial charge in [-0.3, -0.25) is 0 Å². The molecule has 0 aromatic heterocycles. The molecule has 0 N–H and O–H groups in total. The molecule has 0 rings (SSSR count). The molecule has 0 unspecified atom stereocenters. The lowest BCUT2D eigenvalue weighted by Gasteiger charge is -2.08. The van der Waals surface area contributed by atoms with Crippen molar-refractivity contribution in [2.45, 2.75) is 96.8 Å². The van der Waals surface area contributed by atoms with Crippen molar-refractivity contribution in [2.24, 2.45) is 0 Å². The van der Waals surface area contributed by atoms with Crippen LogP contribution in [0.4, 0.5) is 0 Å². The average molecular weight is 533 g/mol. The van der Waals surface area contributed by atoms with Crippen LogP contribution >= 0.6 is 0 Å². The quantitative estimate of drug-likeness (QED) is 0.0672. The van der Waals surface area contributed by atoms with Crippen molar-refractivity contribution in [3.05, 3.63) is 12.8 Å². The largest absolute Gasteiger partial charge is 0.499 e. The van der Waals surface area contributed by atoms with Gasteiger partial charge in [-0.05, 0) is 6.42 Å². The zero-order valence-electron chi connectivity index (χ0n) is 24.2. The molecule has 0 radical (unpaired) electrons. The molecule has 0 aliphatic heterocycles. The maximum atomic E-state index is 5.66. The van der Waals surface area contributed by atoms with Crippen molar-refractivity contribution >= 4 is 0 Å². The molecule has 0 atom stereocenters. The first kappa shape index (κ1) is 36.3. The molecule has 0 saturated carbocycles. The first-order valence-corrected chi connectivity index (χ1v) is 15.1. The fourth-order valence-electron chi connectivity index (χ4n) is 3.79. The second-order valence-electron chi connectivity index (χ2n) is 9.31. The Bertz CT molecular complexity index is 409. The molecule has 7 heteroatoms. The number of rotatable bonds is 34. The molecule has 222 valence electrons. The van der Waals surface area contributed by atoms with Gasteiger partial charge >= 0.3 is 0 Å². The van der Waals surface area contributed by atoms with Gasteiger partial charge in [-0.2, -0.15) is 0 Å². The van der Waals surface area contributed by atoms with E-state index in [0.29, 0.717) is 79.3 Å². The minimum atomic E-state index is 0.519. The fourth-order valence-corrected chi connectivity index (χ4v) is 3.79. The topological polar surface area (TPSA) is 64.6 Å². The zero-order chi connectivity index (χ0) is 26.7. The van der Waals surface area contributed by atoms with Gasteiger partial charge in [0.15, 0.2) is 0 Å². The smallest absolute Gasteiger partial charge is 0.111 e. The van der Waals surface area contributed by atoms with E-state index in [1.165, 1.54) is 89.7 Å². The average Bonchev–Trinajstić information content (AvgIpc) is 2.91. The summed E-state index contributed by atoms with van der Waals surface area (Å²) in [6.07, 6.45) is 20.8. The minimum Gasteiger partial charge on any atom is -0.499 e. The molecule has 0 amide bonds. The molecule has 0 aromatic carbocycles. The summed E-state index contributed by atoms with van der Waals surface area (Å²) < 4.78 is 37.8. The van der Waals surface area contributed by atoms with Gasteiger partial charge in [-0.15, -0.1) is 0 Å². The third kappa shape index (κ3) is 35.3. The van der Waals surface area contributed by atoms with Crippen molar-refractivity contribution in [1.82, 2.24) is 0 Å². The van der Waals surface area contributed by atoms with Gasteiger partial charge in [0.2, 0.25) is 0 Å². The van der Waals surface area contributed by atoms with Crippen LogP contribution < -0.4 is 0 Å². The number of hydrogen-bond donors (Lipinski definition) is 0. The monoisotopic (exact) mass is 532 g/mol. The van der Waals surface area contributed by atoms with Gasteiger partial charge in [-0.1, -0.05) is 97.0 Å². The Labute approximate surface area is 228 Å². The van der Waals surface area contributed by atoms with Crippen LogP contribution in [0.5, 0.6) is 0 Å². The highest BCUT2D eigenvalue weighted by atomic mass is 16.6. The van der Waals surface area contributed by atoms with Crippen LogP contribution in [0.1, 0.15) is 96.8 Å². The van der Waals surface area contributed by atoms with E-state index in [-0.39, 0.29) is 0 Å². The number of unbranched alkanes of at least 4 members (excludes halogenated alkanes) is 13. The molecule has 0 saturated heterocycles. The van der Waals surface area contributed by atoms with E-state index >= 15 is 0 Å². The van der Waals surface area contributed by atoms with E-state index in [9.17, 15) is 0 Å². The minimum absolute atomic E-state index is 0.519. The SMILES string of the molecule is C=COCCOCCOCCOCCOCCOCCOCCCCCCCCCCCCCCCC. The van der Waals surface area contributed by atoms with Crippen LogP contribution in [0.15, 0.2) is 12.8 Å². The Morgan fingerprint density at radius 3 is 0.946 bits per heavy atom. The normalized spacial score (nSPS) is 11.3. The Morgan fingerprint density at radius 1 is 0.351 bits per heavy atom. The van der Waals surface area contributed by atoms with Crippen molar-refractivity contribution in [3.63, 3.8) is 0 Å². The van der Waals surface area contributed by atoms with E-state index in [0.717, 1.165) is 13.0 Å². The third-order valence-electron chi connectivity index (χ3n) is 5.97. The Morgan fingerprint density at radius 2 is 0.622 bits per heavy atom. The molecular formula is C30H60O7. The van der Waals surface area contributed by atoms with Gasteiger partial charge < -0.3 is 33.2 Å². The lowest BCUT2D eigenvalue weighted by atomic mass is 10.0. The second kappa shape index (κ2) is 35.3. The van der Waals surface area contributed by atoms with Crippen LogP contribution in [0.3, 0.4) is 0 Å². The van der Waals surface area contributed by atoms with Crippen LogP contribution in [-0.2, 0) is 33.2 Å².